The molecule has 0 aliphatic rings. The molecule has 18 heavy (non-hydrogen) atoms. The highest BCUT2D eigenvalue weighted by Crippen LogP contribution is 2.19. The number of nitrogens with two attached hydrogens (primary N) is 1. The maximum atomic E-state index is 5.86. The average Bonchev–Trinajstić information content (AvgIpc) is 2.84. The van der Waals surface area contributed by atoms with Crippen molar-refractivity contribution < 1.29 is 4.74 Å². The van der Waals surface area contributed by atoms with E-state index in [-0.39, 0.29) is 6.04 Å². The van der Waals surface area contributed by atoms with E-state index in [1.807, 2.05) is 25.1 Å². The molecule has 1 unspecified atom stereocenters. The summed E-state index contributed by atoms with van der Waals surface area (Å²) in [5, 5.41) is 4.26. The van der Waals surface area contributed by atoms with Crippen molar-refractivity contribution >= 4 is 11.3 Å². The highest BCUT2D eigenvalue weighted by atomic mass is 32.1. The second-order valence-electron chi connectivity index (χ2n) is 4.52. The Bertz CT molecular complexity index is 465. The Balaban J connectivity index is 1.92. The van der Waals surface area contributed by atoms with Gasteiger partial charge >= 0.3 is 0 Å². The molecule has 0 aliphatic carbocycles. The zero-order valence-electron chi connectivity index (χ0n) is 10.6. The minimum atomic E-state index is 0.159. The second-order valence-corrected chi connectivity index (χ2v) is 5.30. The van der Waals surface area contributed by atoms with Gasteiger partial charge in [0.2, 0.25) is 0 Å². The summed E-state index contributed by atoms with van der Waals surface area (Å²) in [6, 6.07) is 10.4. The van der Waals surface area contributed by atoms with Crippen LogP contribution >= 0.6 is 11.3 Å². The fourth-order valence-corrected chi connectivity index (χ4v) is 2.58. The molecule has 0 amide bonds. The van der Waals surface area contributed by atoms with E-state index in [0.717, 1.165) is 18.6 Å². The fourth-order valence-electron chi connectivity index (χ4n) is 1.87. The van der Waals surface area contributed by atoms with Gasteiger partial charge < -0.3 is 10.5 Å². The van der Waals surface area contributed by atoms with Gasteiger partial charge in [-0.2, -0.15) is 11.3 Å². The van der Waals surface area contributed by atoms with Crippen molar-refractivity contribution in [3.8, 4) is 5.75 Å². The first-order chi connectivity index (χ1) is 8.75. The summed E-state index contributed by atoms with van der Waals surface area (Å²) < 4.78 is 5.86. The number of ether oxygens (including phenoxy) is 1. The summed E-state index contributed by atoms with van der Waals surface area (Å²) in [6.07, 6.45) is 1.81. The zero-order chi connectivity index (χ0) is 12.8. The molecular formula is C15H19NOS. The fraction of sp³-hybridized carbons (Fsp3) is 0.333. The molecule has 0 spiro atoms. The first kappa shape index (κ1) is 13.1. The van der Waals surface area contributed by atoms with E-state index in [0.29, 0.717) is 6.61 Å². The van der Waals surface area contributed by atoms with Crippen LogP contribution in [0.1, 0.15) is 18.1 Å². The van der Waals surface area contributed by atoms with Gasteiger partial charge in [0, 0.05) is 12.5 Å². The average molecular weight is 261 g/mol. The maximum Gasteiger partial charge on any atom is 0.122 e. The van der Waals surface area contributed by atoms with E-state index < -0.39 is 0 Å². The van der Waals surface area contributed by atoms with Gasteiger partial charge in [0.1, 0.15) is 5.75 Å². The summed E-state index contributed by atoms with van der Waals surface area (Å²) in [4.78, 5) is 0. The van der Waals surface area contributed by atoms with Gasteiger partial charge in [0.25, 0.3) is 0 Å². The van der Waals surface area contributed by atoms with Crippen LogP contribution in [0.5, 0.6) is 5.75 Å². The Labute approximate surface area is 112 Å². The lowest BCUT2D eigenvalue weighted by Crippen LogP contribution is -2.18. The van der Waals surface area contributed by atoms with Crippen molar-refractivity contribution in [2.75, 3.05) is 6.61 Å². The van der Waals surface area contributed by atoms with Crippen LogP contribution < -0.4 is 10.5 Å². The SMILES string of the molecule is CC(N)Cc1ccccc1OCCc1ccsc1. The Morgan fingerprint density at radius 2 is 2.11 bits per heavy atom. The summed E-state index contributed by atoms with van der Waals surface area (Å²) in [6.45, 7) is 2.73. The lowest BCUT2D eigenvalue weighted by atomic mass is 10.1. The molecule has 0 radical (unpaired) electrons. The molecule has 0 aliphatic heterocycles. The summed E-state index contributed by atoms with van der Waals surface area (Å²) in [7, 11) is 0. The van der Waals surface area contributed by atoms with Crippen LogP contribution in [0, 0.1) is 0 Å². The molecule has 1 aromatic heterocycles. The third kappa shape index (κ3) is 3.86. The summed E-state index contributed by atoms with van der Waals surface area (Å²) in [5.41, 5.74) is 8.38. The Morgan fingerprint density at radius 3 is 2.83 bits per heavy atom. The zero-order valence-corrected chi connectivity index (χ0v) is 11.5. The van der Waals surface area contributed by atoms with Gasteiger partial charge in [-0.05, 0) is 47.4 Å². The van der Waals surface area contributed by atoms with Crippen LogP contribution in [-0.2, 0) is 12.8 Å². The Kier molecular flexibility index (Phi) is 4.79. The molecule has 0 fully saturated rings. The molecule has 1 heterocycles. The van der Waals surface area contributed by atoms with Crippen LogP contribution in [0.25, 0.3) is 0 Å². The Hall–Kier alpha value is -1.32. The van der Waals surface area contributed by atoms with Crippen molar-refractivity contribution in [2.24, 2.45) is 5.73 Å². The molecule has 2 aromatic rings. The van der Waals surface area contributed by atoms with Crippen LogP contribution in [0.15, 0.2) is 41.1 Å². The highest BCUT2D eigenvalue weighted by molar-refractivity contribution is 7.07. The van der Waals surface area contributed by atoms with Crippen molar-refractivity contribution in [1.82, 2.24) is 0 Å². The predicted molar refractivity (Wildman–Crippen MR) is 77.3 cm³/mol. The minimum absolute atomic E-state index is 0.159. The normalized spacial score (nSPS) is 12.3. The Morgan fingerprint density at radius 1 is 1.28 bits per heavy atom. The number of benzene rings is 1. The molecule has 0 saturated carbocycles. The van der Waals surface area contributed by atoms with Gasteiger partial charge in [-0.25, -0.2) is 0 Å². The van der Waals surface area contributed by atoms with E-state index in [9.17, 15) is 0 Å². The molecule has 1 atom stereocenters. The van der Waals surface area contributed by atoms with Crippen LogP contribution in [-0.4, -0.2) is 12.6 Å². The predicted octanol–water partition coefficient (Wildman–Crippen LogP) is 3.26. The first-order valence-corrected chi connectivity index (χ1v) is 7.17. The number of hydrogen-bond donors (Lipinski definition) is 1. The maximum absolute atomic E-state index is 5.86. The number of para-hydroxylation sites is 1. The molecule has 0 saturated heterocycles. The van der Waals surface area contributed by atoms with Gasteiger partial charge in [-0.15, -0.1) is 0 Å². The van der Waals surface area contributed by atoms with E-state index in [1.54, 1.807) is 11.3 Å². The van der Waals surface area contributed by atoms with Crippen LogP contribution in [0.2, 0.25) is 0 Å². The standard InChI is InChI=1S/C15H19NOS/c1-12(16)10-14-4-2-3-5-15(14)17-8-6-13-7-9-18-11-13/h2-5,7,9,11-12H,6,8,10,16H2,1H3. The van der Waals surface area contributed by atoms with Crippen molar-refractivity contribution in [3.05, 3.63) is 52.2 Å². The van der Waals surface area contributed by atoms with E-state index in [2.05, 4.69) is 22.9 Å². The van der Waals surface area contributed by atoms with Gasteiger partial charge in [-0.1, -0.05) is 18.2 Å². The van der Waals surface area contributed by atoms with Gasteiger partial charge in [0.05, 0.1) is 6.61 Å². The molecule has 0 bridgehead atoms. The second kappa shape index (κ2) is 6.57. The molecular weight excluding hydrogens is 242 g/mol. The topological polar surface area (TPSA) is 35.2 Å². The van der Waals surface area contributed by atoms with Crippen molar-refractivity contribution in [2.45, 2.75) is 25.8 Å². The van der Waals surface area contributed by atoms with E-state index >= 15 is 0 Å². The van der Waals surface area contributed by atoms with E-state index in [4.69, 9.17) is 10.5 Å². The molecule has 2 nitrogen and oxygen atoms in total. The number of hydrogen-bond acceptors (Lipinski definition) is 3. The van der Waals surface area contributed by atoms with E-state index in [1.165, 1.54) is 11.1 Å². The summed E-state index contributed by atoms with van der Waals surface area (Å²) in [5.74, 6) is 0.963. The van der Waals surface area contributed by atoms with Crippen molar-refractivity contribution in [3.63, 3.8) is 0 Å². The number of thiophene rings is 1. The largest absolute Gasteiger partial charge is 0.493 e. The highest BCUT2D eigenvalue weighted by Gasteiger charge is 2.05. The quantitative estimate of drug-likeness (QED) is 0.866. The van der Waals surface area contributed by atoms with Crippen LogP contribution in [0.3, 0.4) is 0 Å². The van der Waals surface area contributed by atoms with Crippen molar-refractivity contribution in [1.29, 1.82) is 0 Å². The first-order valence-electron chi connectivity index (χ1n) is 6.23. The molecule has 2 rings (SSSR count). The smallest absolute Gasteiger partial charge is 0.122 e. The molecule has 1 aromatic carbocycles. The minimum Gasteiger partial charge on any atom is -0.493 e. The summed E-state index contributed by atoms with van der Waals surface area (Å²) >= 11 is 1.73. The van der Waals surface area contributed by atoms with Crippen LogP contribution in [0.4, 0.5) is 0 Å². The molecule has 96 valence electrons. The number of rotatable bonds is 6. The van der Waals surface area contributed by atoms with Gasteiger partial charge in [-0.3, -0.25) is 0 Å². The lowest BCUT2D eigenvalue weighted by Gasteiger charge is -2.12. The lowest BCUT2D eigenvalue weighted by molar-refractivity contribution is 0.318. The third-order valence-corrected chi connectivity index (χ3v) is 3.47. The van der Waals surface area contributed by atoms with Gasteiger partial charge in [0.15, 0.2) is 0 Å². The third-order valence-electron chi connectivity index (χ3n) is 2.74. The molecule has 2 N–H and O–H groups in total. The molecule has 3 heteroatoms. The monoisotopic (exact) mass is 261 g/mol.